The summed E-state index contributed by atoms with van der Waals surface area (Å²) in [5, 5.41) is 8.22. The van der Waals surface area contributed by atoms with Gasteiger partial charge in [0.25, 0.3) is 0 Å². The first-order valence-electron chi connectivity index (χ1n) is 9.58. The highest BCUT2D eigenvalue weighted by atomic mass is 16.3. The SMILES string of the molecule is Cn1cnnc1C1CCN(C(=O)[C@H]2CCCN(Cc3ccco3)C2)CC1. The number of nitrogens with zero attached hydrogens (tertiary/aromatic N) is 5. The van der Waals surface area contributed by atoms with Gasteiger partial charge in [0.2, 0.25) is 5.91 Å². The van der Waals surface area contributed by atoms with Gasteiger partial charge in [-0.05, 0) is 44.4 Å². The number of aryl methyl sites for hydroxylation is 1. The molecule has 0 N–H and O–H groups in total. The minimum atomic E-state index is 0.116. The lowest BCUT2D eigenvalue weighted by molar-refractivity contribution is -0.138. The first kappa shape index (κ1) is 17.3. The van der Waals surface area contributed by atoms with Crippen molar-refractivity contribution in [1.29, 1.82) is 0 Å². The second kappa shape index (κ2) is 7.61. The Labute approximate surface area is 154 Å². The number of hydrogen-bond acceptors (Lipinski definition) is 5. The summed E-state index contributed by atoms with van der Waals surface area (Å²) < 4.78 is 7.45. The standard InChI is InChI=1S/C19H27N5O2/c1-22-14-20-21-18(22)15-6-9-24(10-7-15)19(25)16-4-2-8-23(12-16)13-17-5-3-11-26-17/h3,5,11,14-16H,2,4,6-10,12-13H2,1H3/t16-/m0/s1. The Kier molecular flexibility index (Phi) is 5.06. The monoisotopic (exact) mass is 357 g/mol. The maximum absolute atomic E-state index is 13.0. The molecule has 2 fully saturated rings. The number of aromatic nitrogens is 3. The van der Waals surface area contributed by atoms with Gasteiger partial charge < -0.3 is 13.9 Å². The van der Waals surface area contributed by atoms with E-state index in [-0.39, 0.29) is 5.92 Å². The van der Waals surface area contributed by atoms with Crippen LogP contribution in [0, 0.1) is 5.92 Å². The molecule has 2 aromatic rings. The van der Waals surface area contributed by atoms with Gasteiger partial charge in [-0.1, -0.05) is 0 Å². The summed E-state index contributed by atoms with van der Waals surface area (Å²) in [6.45, 7) is 4.32. The number of furan rings is 1. The summed E-state index contributed by atoms with van der Waals surface area (Å²) in [6, 6.07) is 3.92. The molecule has 1 atom stereocenters. The first-order chi connectivity index (χ1) is 12.7. The van der Waals surface area contributed by atoms with Crippen LogP contribution >= 0.6 is 0 Å². The van der Waals surface area contributed by atoms with Crippen molar-refractivity contribution in [3.63, 3.8) is 0 Å². The molecule has 2 aromatic heterocycles. The number of likely N-dealkylation sites (tertiary alicyclic amines) is 2. The van der Waals surface area contributed by atoms with Gasteiger partial charge in [0.15, 0.2) is 0 Å². The van der Waals surface area contributed by atoms with Crippen molar-refractivity contribution in [1.82, 2.24) is 24.6 Å². The van der Waals surface area contributed by atoms with E-state index in [0.717, 1.165) is 70.0 Å². The maximum Gasteiger partial charge on any atom is 0.226 e. The highest BCUT2D eigenvalue weighted by Gasteiger charge is 2.32. The van der Waals surface area contributed by atoms with E-state index in [0.29, 0.717) is 11.8 Å². The largest absolute Gasteiger partial charge is 0.468 e. The normalized spacial score (nSPS) is 22.7. The quantitative estimate of drug-likeness (QED) is 0.837. The summed E-state index contributed by atoms with van der Waals surface area (Å²) >= 11 is 0. The average Bonchev–Trinajstić information content (AvgIpc) is 3.33. The Morgan fingerprint density at radius 3 is 2.81 bits per heavy atom. The van der Waals surface area contributed by atoms with Crippen LogP contribution in [0.3, 0.4) is 0 Å². The number of amides is 1. The van der Waals surface area contributed by atoms with Gasteiger partial charge in [-0.3, -0.25) is 9.69 Å². The van der Waals surface area contributed by atoms with E-state index in [9.17, 15) is 4.79 Å². The summed E-state index contributed by atoms with van der Waals surface area (Å²) in [7, 11) is 1.99. The fourth-order valence-corrected chi connectivity index (χ4v) is 4.30. The molecule has 2 aliphatic heterocycles. The molecule has 0 spiro atoms. The number of piperidine rings is 2. The zero-order valence-electron chi connectivity index (χ0n) is 15.4. The topological polar surface area (TPSA) is 67.4 Å². The fourth-order valence-electron chi connectivity index (χ4n) is 4.30. The number of carbonyl (C=O) groups is 1. The van der Waals surface area contributed by atoms with Crippen LogP contribution in [0.25, 0.3) is 0 Å². The highest BCUT2D eigenvalue weighted by Crippen LogP contribution is 2.28. The lowest BCUT2D eigenvalue weighted by atomic mass is 9.92. The van der Waals surface area contributed by atoms with Gasteiger partial charge in [-0.2, -0.15) is 0 Å². The zero-order chi connectivity index (χ0) is 17.9. The molecule has 7 nitrogen and oxygen atoms in total. The predicted octanol–water partition coefficient (Wildman–Crippen LogP) is 2.03. The predicted molar refractivity (Wildman–Crippen MR) is 96.3 cm³/mol. The second-order valence-electron chi connectivity index (χ2n) is 7.55. The van der Waals surface area contributed by atoms with Crippen molar-refractivity contribution in [2.45, 2.75) is 38.1 Å². The Hall–Kier alpha value is -2.15. The smallest absolute Gasteiger partial charge is 0.226 e. The minimum absolute atomic E-state index is 0.116. The molecule has 140 valence electrons. The van der Waals surface area contributed by atoms with E-state index in [1.54, 1.807) is 12.6 Å². The van der Waals surface area contributed by atoms with E-state index in [2.05, 4.69) is 20.0 Å². The molecule has 26 heavy (non-hydrogen) atoms. The van der Waals surface area contributed by atoms with Crippen LogP contribution < -0.4 is 0 Å². The van der Waals surface area contributed by atoms with Crippen LogP contribution in [0.15, 0.2) is 29.1 Å². The number of rotatable bonds is 4. The van der Waals surface area contributed by atoms with Gasteiger partial charge in [0.05, 0.1) is 18.7 Å². The molecule has 4 heterocycles. The Morgan fingerprint density at radius 2 is 2.12 bits per heavy atom. The van der Waals surface area contributed by atoms with Crippen molar-refractivity contribution in [2.24, 2.45) is 13.0 Å². The number of hydrogen-bond donors (Lipinski definition) is 0. The lowest BCUT2D eigenvalue weighted by Gasteiger charge is -2.37. The Morgan fingerprint density at radius 1 is 1.27 bits per heavy atom. The third kappa shape index (κ3) is 3.67. The molecule has 4 rings (SSSR count). The van der Waals surface area contributed by atoms with E-state index in [1.807, 2.05) is 23.7 Å². The number of carbonyl (C=O) groups excluding carboxylic acids is 1. The molecular weight excluding hydrogens is 330 g/mol. The molecule has 1 amide bonds. The van der Waals surface area contributed by atoms with Crippen molar-refractivity contribution in [3.05, 3.63) is 36.3 Å². The molecule has 0 unspecified atom stereocenters. The van der Waals surface area contributed by atoms with Crippen LogP contribution in [0.5, 0.6) is 0 Å². The summed E-state index contributed by atoms with van der Waals surface area (Å²) in [6.07, 6.45) is 7.48. The van der Waals surface area contributed by atoms with Gasteiger partial charge in [-0.25, -0.2) is 0 Å². The van der Waals surface area contributed by atoms with E-state index in [1.165, 1.54) is 0 Å². The van der Waals surface area contributed by atoms with Crippen molar-refractivity contribution in [2.75, 3.05) is 26.2 Å². The van der Waals surface area contributed by atoms with E-state index in [4.69, 9.17) is 4.42 Å². The van der Waals surface area contributed by atoms with Crippen LogP contribution in [0.1, 0.15) is 43.2 Å². The zero-order valence-corrected chi connectivity index (χ0v) is 15.4. The van der Waals surface area contributed by atoms with Gasteiger partial charge in [-0.15, -0.1) is 10.2 Å². The van der Waals surface area contributed by atoms with Crippen LogP contribution in [0.2, 0.25) is 0 Å². The molecule has 2 saturated heterocycles. The molecule has 0 aliphatic carbocycles. The van der Waals surface area contributed by atoms with Crippen LogP contribution in [-0.2, 0) is 18.4 Å². The second-order valence-corrected chi connectivity index (χ2v) is 7.55. The molecule has 2 aliphatic rings. The van der Waals surface area contributed by atoms with Gasteiger partial charge >= 0.3 is 0 Å². The van der Waals surface area contributed by atoms with Crippen molar-refractivity contribution >= 4 is 5.91 Å². The Bertz CT molecular complexity index is 718. The molecule has 0 radical (unpaired) electrons. The molecule has 7 heteroatoms. The summed E-state index contributed by atoms with van der Waals surface area (Å²) in [5.74, 6) is 2.87. The maximum atomic E-state index is 13.0. The van der Waals surface area contributed by atoms with Crippen LogP contribution in [0.4, 0.5) is 0 Å². The minimum Gasteiger partial charge on any atom is -0.468 e. The highest BCUT2D eigenvalue weighted by molar-refractivity contribution is 5.79. The first-order valence-corrected chi connectivity index (χ1v) is 9.58. The van der Waals surface area contributed by atoms with Crippen molar-refractivity contribution in [3.8, 4) is 0 Å². The Balaban J connectivity index is 1.31. The van der Waals surface area contributed by atoms with Crippen LogP contribution in [-0.4, -0.2) is 56.7 Å². The fraction of sp³-hybridized carbons (Fsp3) is 0.632. The summed E-state index contributed by atoms with van der Waals surface area (Å²) in [5.41, 5.74) is 0. The third-order valence-electron chi connectivity index (χ3n) is 5.73. The average molecular weight is 357 g/mol. The third-order valence-corrected chi connectivity index (χ3v) is 5.73. The molecular formula is C19H27N5O2. The molecule has 0 bridgehead atoms. The lowest BCUT2D eigenvalue weighted by Crippen LogP contribution is -2.47. The van der Waals surface area contributed by atoms with Gasteiger partial charge in [0.1, 0.15) is 17.9 Å². The summed E-state index contributed by atoms with van der Waals surface area (Å²) in [4.78, 5) is 17.4. The van der Waals surface area contributed by atoms with Crippen molar-refractivity contribution < 1.29 is 9.21 Å². The molecule has 0 aromatic carbocycles. The van der Waals surface area contributed by atoms with Gasteiger partial charge in [0, 0.05) is 32.6 Å². The molecule has 0 saturated carbocycles. The van der Waals surface area contributed by atoms with E-state index < -0.39 is 0 Å². The van der Waals surface area contributed by atoms with E-state index >= 15 is 0 Å².